The van der Waals surface area contributed by atoms with Gasteiger partial charge in [-0.15, -0.1) is 0 Å². The van der Waals surface area contributed by atoms with Crippen LogP contribution in [0.5, 0.6) is 0 Å². The molecule has 2 aromatic rings. The van der Waals surface area contributed by atoms with Crippen molar-refractivity contribution in [2.75, 3.05) is 33.2 Å². The second kappa shape index (κ2) is 6.02. The SMILES string of the molecule is Cc1ccc([N+]2(C)CCN([C@@H]3C[C@H]3c3ccccc3)CC2)c(C)c1. The first kappa shape index (κ1) is 15.9. The fourth-order valence-electron chi connectivity index (χ4n) is 4.55. The number of benzene rings is 2. The average molecular weight is 321 g/mol. The van der Waals surface area contributed by atoms with Crippen LogP contribution in [0.3, 0.4) is 0 Å². The van der Waals surface area contributed by atoms with Crippen LogP contribution in [0.4, 0.5) is 5.69 Å². The molecule has 0 amide bonds. The quantitative estimate of drug-likeness (QED) is 0.769. The third-order valence-electron chi connectivity index (χ3n) is 6.15. The molecule has 0 aromatic heterocycles. The predicted octanol–water partition coefficient (Wildman–Crippen LogP) is 4.11. The lowest BCUT2D eigenvalue weighted by Gasteiger charge is -2.42. The third kappa shape index (κ3) is 2.89. The van der Waals surface area contributed by atoms with Crippen LogP contribution in [-0.4, -0.2) is 44.2 Å². The van der Waals surface area contributed by atoms with Gasteiger partial charge in [-0.1, -0.05) is 48.0 Å². The predicted molar refractivity (Wildman–Crippen MR) is 103 cm³/mol. The number of hydrogen-bond acceptors (Lipinski definition) is 1. The fourth-order valence-corrected chi connectivity index (χ4v) is 4.55. The molecular formula is C22H29N2+. The highest BCUT2D eigenvalue weighted by Crippen LogP contribution is 2.45. The van der Waals surface area contributed by atoms with Gasteiger partial charge in [0, 0.05) is 30.6 Å². The number of hydrogen-bond donors (Lipinski definition) is 0. The minimum atomic E-state index is 0.768. The van der Waals surface area contributed by atoms with E-state index in [0.717, 1.165) is 16.4 Å². The Balaban J connectivity index is 1.42. The summed E-state index contributed by atoms with van der Waals surface area (Å²) in [6.45, 7) is 9.34. The fraction of sp³-hybridized carbons (Fsp3) is 0.455. The summed E-state index contributed by atoms with van der Waals surface area (Å²) in [5, 5.41) is 0. The molecule has 2 aromatic carbocycles. The van der Waals surface area contributed by atoms with E-state index < -0.39 is 0 Å². The highest BCUT2D eigenvalue weighted by Gasteiger charge is 2.45. The minimum Gasteiger partial charge on any atom is -0.291 e. The summed E-state index contributed by atoms with van der Waals surface area (Å²) in [4.78, 5) is 2.74. The number of nitrogens with zero attached hydrogens (tertiary/aromatic N) is 2. The molecular weight excluding hydrogens is 292 g/mol. The Morgan fingerprint density at radius 3 is 2.33 bits per heavy atom. The first-order valence-corrected chi connectivity index (χ1v) is 9.28. The molecule has 1 heterocycles. The van der Waals surface area contributed by atoms with Gasteiger partial charge in [0.05, 0.1) is 20.1 Å². The van der Waals surface area contributed by atoms with Gasteiger partial charge in [-0.3, -0.25) is 9.38 Å². The van der Waals surface area contributed by atoms with E-state index in [4.69, 9.17) is 0 Å². The molecule has 1 saturated heterocycles. The lowest BCUT2D eigenvalue weighted by molar-refractivity contribution is 0.146. The zero-order valence-corrected chi connectivity index (χ0v) is 15.2. The van der Waals surface area contributed by atoms with Gasteiger partial charge >= 0.3 is 0 Å². The smallest absolute Gasteiger partial charge is 0.135 e. The zero-order chi connectivity index (χ0) is 16.7. The van der Waals surface area contributed by atoms with E-state index in [1.165, 1.54) is 55.0 Å². The van der Waals surface area contributed by atoms with Crippen molar-refractivity contribution in [3.05, 3.63) is 65.2 Å². The second-order valence-corrected chi connectivity index (χ2v) is 7.99. The Morgan fingerprint density at radius 1 is 0.958 bits per heavy atom. The monoisotopic (exact) mass is 321 g/mol. The van der Waals surface area contributed by atoms with Crippen LogP contribution in [0.15, 0.2) is 48.5 Å². The molecule has 2 atom stereocenters. The summed E-state index contributed by atoms with van der Waals surface area (Å²) in [5.41, 5.74) is 5.85. The molecule has 2 nitrogen and oxygen atoms in total. The molecule has 24 heavy (non-hydrogen) atoms. The molecule has 0 N–H and O–H groups in total. The normalized spacial score (nSPS) is 26.3. The summed E-state index contributed by atoms with van der Waals surface area (Å²) in [7, 11) is 2.41. The maximum Gasteiger partial charge on any atom is 0.135 e. The Morgan fingerprint density at radius 2 is 1.67 bits per heavy atom. The molecule has 4 rings (SSSR count). The largest absolute Gasteiger partial charge is 0.291 e. The molecule has 2 heteroatoms. The van der Waals surface area contributed by atoms with Crippen molar-refractivity contribution in [1.29, 1.82) is 0 Å². The Hall–Kier alpha value is -1.64. The minimum absolute atomic E-state index is 0.768. The molecule has 0 radical (unpaired) electrons. The maximum atomic E-state index is 2.74. The zero-order valence-electron chi connectivity index (χ0n) is 15.2. The van der Waals surface area contributed by atoms with Crippen molar-refractivity contribution >= 4 is 5.69 Å². The van der Waals surface area contributed by atoms with E-state index in [1.54, 1.807) is 0 Å². The van der Waals surface area contributed by atoms with Crippen molar-refractivity contribution in [2.24, 2.45) is 0 Å². The van der Waals surface area contributed by atoms with Gasteiger partial charge in [0.25, 0.3) is 0 Å². The number of piperazine rings is 1. The summed E-state index contributed by atoms with van der Waals surface area (Å²) >= 11 is 0. The van der Waals surface area contributed by atoms with Crippen LogP contribution in [0, 0.1) is 13.8 Å². The van der Waals surface area contributed by atoms with Gasteiger partial charge in [-0.05, 0) is 31.9 Å². The van der Waals surface area contributed by atoms with Crippen molar-refractivity contribution in [2.45, 2.75) is 32.2 Å². The molecule has 2 fully saturated rings. The second-order valence-electron chi connectivity index (χ2n) is 7.99. The Labute approximate surface area is 146 Å². The maximum absolute atomic E-state index is 2.74. The van der Waals surface area contributed by atoms with E-state index in [-0.39, 0.29) is 0 Å². The van der Waals surface area contributed by atoms with Crippen LogP contribution in [-0.2, 0) is 0 Å². The van der Waals surface area contributed by atoms with Crippen LogP contribution in [0.1, 0.15) is 29.0 Å². The van der Waals surface area contributed by atoms with E-state index in [9.17, 15) is 0 Å². The van der Waals surface area contributed by atoms with E-state index >= 15 is 0 Å². The standard InChI is InChI=1S/C22H29N2/c1-17-9-10-22(18(2)15-17)24(3)13-11-23(12-14-24)21-16-20(21)19-7-5-4-6-8-19/h4-10,15,20-21H,11-14,16H2,1-3H3/q+1/t20-,21+/m0/s1. The van der Waals surface area contributed by atoms with E-state index in [2.05, 4.69) is 74.3 Å². The van der Waals surface area contributed by atoms with Crippen LogP contribution < -0.4 is 4.48 Å². The van der Waals surface area contributed by atoms with Crippen molar-refractivity contribution in [1.82, 2.24) is 9.38 Å². The lowest BCUT2D eigenvalue weighted by Crippen LogP contribution is -2.59. The molecule has 2 aliphatic rings. The van der Waals surface area contributed by atoms with Crippen molar-refractivity contribution < 1.29 is 0 Å². The van der Waals surface area contributed by atoms with Crippen molar-refractivity contribution in [3.63, 3.8) is 0 Å². The van der Waals surface area contributed by atoms with E-state index in [1.807, 2.05) is 0 Å². The molecule has 126 valence electrons. The number of rotatable bonds is 3. The summed E-state index contributed by atoms with van der Waals surface area (Å²) in [5.74, 6) is 0.768. The van der Waals surface area contributed by atoms with Crippen LogP contribution in [0.2, 0.25) is 0 Å². The first-order valence-electron chi connectivity index (χ1n) is 9.28. The molecule has 1 aliphatic carbocycles. The molecule has 1 aliphatic heterocycles. The summed E-state index contributed by atoms with van der Waals surface area (Å²) in [6, 6.07) is 18.8. The van der Waals surface area contributed by atoms with Gasteiger partial charge in [0.15, 0.2) is 0 Å². The van der Waals surface area contributed by atoms with E-state index in [0.29, 0.717) is 0 Å². The lowest BCUT2D eigenvalue weighted by atomic mass is 10.1. The Kier molecular flexibility index (Phi) is 3.98. The number of likely N-dealkylation sites (N-methyl/N-ethyl adjacent to an activating group) is 1. The number of aryl methyl sites for hydroxylation is 2. The Bertz CT molecular complexity index is 714. The van der Waals surface area contributed by atoms with Gasteiger partial charge < -0.3 is 0 Å². The highest BCUT2D eigenvalue weighted by molar-refractivity contribution is 5.51. The van der Waals surface area contributed by atoms with Crippen LogP contribution in [0.25, 0.3) is 0 Å². The topological polar surface area (TPSA) is 3.24 Å². The van der Waals surface area contributed by atoms with Crippen LogP contribution >= 0.6 is 0 Å². The molecule has 0 bridgehead atoms. The first-order chi connectivity index (χ1) is 11.6. The highest BCUT2D eigenvalue weighted by atomic mass is 15.4. The third-order valence-corrected chi connectivity index (χ3v) is 6.15. The van der Waals surface area contributed by atoms with Gasteiger partial charge in [0.1, 0.15) is 5.69 Å². The number of quaternary nitrogens is 1. The summed E-state index contributed by atoms with van der Waals surface area (Å²) in [6.07, 6.45) is 1.34. The molecule has 0 unspecified atom stereocenters. The van der Waals surface area contributed by atoms with Crippen molar-refractivity contribution in [3.8, 4) is 0 Å². The van der Waals surface area contributed by atoms with Gasteiger partial charge in [0.2, 0.25) is 0 Å². The van der Waals surface area contributed by atoms with Gasteiger partial charge in [-0.2, -0.15) is 0 Å². The van der Waals surface area contributed by atoms with Gasteiger partial charge in [-0.25, -0.2) is 0 Å². The summed E-state index contributed by atoms with van der Waals surface area (Å²) < 4.78 is 1.09. The average Bonchev–Trinajstić information content (AvgIpc) is 3.37. The molecule has 0 spiro atoms. The molecule has 1 saturated carbocycles.